The Bertz CT molecular complexity index is 852. The zero-order valence-corrected chi connectivity index (χ0v) is 18.1. The Labute approximate surface area is 164 Å². The van der Waals surface area contributed by atoms with Gasteiger partial charge in [-0.15, -0.1) is 0 Å². The van der Waals surface area contributed by atoms with Crippen molar-refractivity contribution in [3.63, 3.8) is 0 Å². The molecule has 1 nitrogen and oxygen atoms in total. The Morgan fingerprint density at radius 2 is 1.11 bits per heavy atom. The fraction of sp³-hybridized carbons (Fsp3) is 0.538. The fourth-order valence-corrected chi connectivity index (χ4v) is 6.43. The van der Waals surface area contributed by atoms with Crippen LogP contribution >= 0.6 is 0 Å². The van der Waals surface area contributed by atoms with Gasteiger partial charge in [-0.3, -0.25) is 0 Å². The monoisotopic (exact) mass is 362 g/mol. The second-order valence-corrected chi connectivity index (χ2v) is 10.9. The lowest BCUT2D eigenvalue weighted by Crippen LogP contribution is -2.46. The van der Waals surface area contributed by atoms with Gasteiger partial charge < -0.3 is 5.11 Å². The van der Waals surface area contributed by atoms with Gasteiger partial charge in [0.1, 0.15) is 5.75 Å². The van der Waals surface area contributed by atoms with E-state index in [9.17, 15) is 5.11 Å². The number of aromatic hydroxyl groups is 1. The smallest absolute Gasteiger partial charge is 0.118 e. The Kier molecular flexibility index (Phi) is 3.87. The third-order valence-corrected chi connectivity index (χ3v) is 7.36. The molecule has 2 aliphatic carbocycles. The maximum Gasteiger partial charge on any atom is 0.118 e. The first-order chi connectivity index (χ1) is 12.4. The van der Waals surface area contributed by atoms with Gasteiger partial charge in [0.2, 0.25) is 0 Å². The van der Waals surface area contributed by atoms with E-state index in [-0.39, 0.29) is 10.8 Å². The van der Waals surface area contributed by atoms with Crippen LogP contribution in [0.5, 0.6) is 5.75 Å². The summed E-state index contributed by atoms with van der Waals surface area (Å²) in [5, 5.41) is 10.3. The first-order valence-electron chi connectivity index (χ1n) is 10.4. The normalized spacial score (nSPS) is 25.1. The van der Waals surface area contributed by atoms with E-state index in [0.717, 1.165) is 12.0 Å². The van der Waals surface area contributed by atoms with Gasteiger partial charge >= 0.3 is 0 Å². The third kappa shape index (κ3) is 2.91. The zero-order chi connectivity index (χ0) is 19.8. The van der Waals surface area contributed by atoms with E-state index in [1.165, 1.54) is 41.5 Å². The quantitative estimate of drug-likeness (QED) is 0.571. The van der Waals surface area contributed by atoms with Crippen molar-refractivity contribution >= 4 is 0 Å². The van der Waals surface area contributed by atoms with E-state index in [4.69, 9.17) is 0 Å². The van der Waals surface area contributed by atoms with Crippen LogP contribution in [-0.4, -0.2) is 5.11 Å². The molecule has 0 bridgehead atoms. The topological polar surface area (TPSA) is 20.2 Å². The molecule has 1 unspecified atom stereocenters. The highest BCUT2D eigenvalue weighted by Gasteiger charge is 2.49. The summed E-state index contributed by atoms with van der Waals surface area (Å²) in [5.41, 5.74) is 10.3. The molecule has 1 atom stereocenters. The van der Waals surface area contributed by atoms with E-state index in [1.54, 1.807) is 11.1 Å². The molecule has 144 valence electrons. The molecule has 0 saturated heterocycles. The van der Waals surface area contributed by atoms with Crippen LogP contribution in [0, 0.1) is 26.2 Å². The maximum atomic E-state index is 10.3. The molecule has 1 spiro atoms. The van der Waals surface area contributed by atoms with Crippen LogP contribution in [0.1, 0.15) is 79.5 Å². The molecule has 2 aromatic carbocycles. The first kappa shape index (κ1) is 18.6. The summed E-state index contributed by atoms with van der Waals surface area (Å²) in [6.07, 6.45) is 4.72. The first-order valence-corrected chi connectivity index (χ1v) is 10.4. The van der Waals surface area contributed by atoms with E-state index < -0.39 is 0 Å². The lowest BCUT2D eigenvalue weighted by atomic mass is 9.51. The summed E-state index contributed by atoms with van der Waals surface area (Å²) in [6.45, 7) is 16.1. The number of rotatable bonds is 0. The molecule has 0 aliphatic heterocycles. The van der Waals surface area contributed by atoms with Gasteiger partial charge in [0.25, 0.3) is 0 Å². The molecule has 2 aliphatic rings. The summed E-state index contributed by atoms with van der Waals surface area (Å²) in [5.74, 6) is 0.443. The predicted octanol–water partition coefficient (Wildman–Crippen LogP) is 6.45. The number of benzene rings is 2. The van der Waals surface area contributed by atoms with Crippen molar-refractivity contribution in [1.82, 2.24) is 0 Å². The van der Waals surface area contributed by atoms with Crippen molar-refractivity contribution in [2.75, 3.05) is 0 Å². The van der Waals surface area contributed by atoms with Gasteiger partial charge in [-0.2, -0.15) is 0 Å². The van der Waals surface area contributed by atoms with Crippen molar-refractivity contribution in [3.05, 3.63) is 63.2 Å². The van der Waals surface area contributed by atoms with Crippen LogP contribution in [0.25, 0.3) is 0 Å². The van der Waals surface area contributed by atoms with Crippen LogP contribution < -0.4 is 0 Å². The van der Waals surface area contributed by atoms with Crippen molar-refractivity contribution in [2.24, 2.45) is 5.41 Å². The number of fused-ring (bicyclic) bond motifs is 2. The van der Waals surface area contributed by atoms with Crippen molar-refractivity contribution < 1.29 is 5.11 Å². The molecule has 0 heterocycles. The third-order valence-electron chi connectivity index (χ3n) is 7.36. The highest BCUT2D eigenvalue weighted by molar-refractivity contribution is 5.49. The SMILES string of the molecule is Cc1cc2c(cc1C)C(C)(C)CC1(C2)Cc2cc(C)c(O)cc2C(C)(C)C1. The van der Waals surface area contributed by atoms with E-state index in [0.29, 0.717) is 11.2 Å². The molecule has 4 rings (SSSR count). The molecular weight excluding hydrogens is 328 g/mol. The number of hydrogen-bond donors (Lipinski definition) is 1. The molecular formula is C26H34O. The minimum absolute atomic E-state index is 0.0894. The van der Waals surface area contributed by atoms with Gasteiger partial charge in [0, 0.05) is 0 Å². The van der Waals surface area contributed by atoms with Crippen molar-refractivity contribution in [1.29, 1.82) is 0 Å². The average Bonchev–Trinajstić information content (AvgIpc) is 2.50. The number of hydrogen-bond acceptors (Lipinski definition) is 1. The molecule has 1 heteroatoms. The average molecular weight is 363 g/mol. The van der Waals surface area contributed by atoms with Gasteiger partial charge in [-0.25, -0.2) is 0 Å². The molecule has 0 radical (unpaired) electrons. The highest BCUT2D eigenvalue weighted by Crippen LogP contribution is 2.56. The Morgan fingerprint density at radius 3 is 1.67 bits per heavy atom. The van der Waals surface area contributed by atoms with Crippen molar-refractivity contribution in [2.45, 2.75) is 85.0 Å². The summed E-state index contributed by atoms with van der Waals surface area (Å²) in [6, 6.07) is 9.18. The van der Waals surface area contributed by atoms with E-state index >= 15 is 0 Å². The van der Waals surface area contributed by atoms with Gasteiger partial charge in [-0.05, 0) is 108 Å². The lowest BCUT2D eigenvalue weighted by Gasteiger charge is -2.53. The fourth-order valence-electron chi connectivity index (χ4n) is 6.43. The molecule has 0 saturated carbocycles. The van der Waals surface area contributed by atoms with Crippen LogP contribution in [0.4, 0.5) is 0 Å². The van der Waals surface area contributed by atoms with Gasteiger partial charge in [-0.1, -0.05) is 45.9 Å². The van der Waals surface area contributed by atoms with Crippen molar-refractivity contribution in [3.8, 4) is 5.75 Å². The summed E-state index contributed by atoms with van der Waals surface area (Å²) >= 11 is 0. The maximum absolute atomic E-state index is 10.3. The summed E-state index contributed by atoms with van der Waals surface area (Å²) in [4.78, 5) is 0. The Morgan fingerprint density at radius 1 is 0.667 bits per heavy atom. The number of phenols is 1. The largest absolute Gasteiger partial charge is 0.508 e. The predicted molar refractivity (Wildman–Crippen MR) is 114 cm³/mol. The number of aryl methyl sites for hydroxylation is 3. The molecule has 1 N–H and O–H groups in total. The van der Waals surface area contributed by atoms with Gasteiger partial charge in [0.15, 0.2) is 0 Å². The standard InChI is InChI=1S/C26H34O/c1-16-8-19-12-26(14-24(4,5)21(19)10-17(16)2)13-20-9-18(3)23(27)11-22(20)25(6,7)15-26/h8-11,27H,12-15H2,1-7H3. The molecule has 0 amide bonds. The summed E-state index contributed by atoms with van der Waals surface area (Å²) < 4.78 is 0. The molecule has 2 aromatic rings. The lowest BCUT2D eigenvalue weighted by molar-refractivity contribution is 0.118. The highest BCUT2D eigenvalue weighted by atomic mass is 16.3. The Hall–Kier alpha value is -1.76. The van der Waals surface area contributed by atoms with E-state index in [1.807, 2.05) is 13.0 Å². The van der Waals surface area contributed by atoms with Crippen LogP contribution in [-0.2, 0) is 23.7 Å². The number of phenolic OH excluding ortho intramolecular Hbond substituents is 1. The zero-order valence-electron chi connectivity index (χ0n) is 18.1. The van der Waals surface area contributed by atoms with E-state index in [2.05, 4.69) is 59.7 Å². The van der Waals surface area contributed by atoms with Crippen LogP contribution in [0.3, 0.4) is 0 Å². The van der Waals surface area contributed by atoms with Crippen LogP contribution in [0.2, 0.25) is 0 Å². The molecule has 0 fully saturated rings. The molecule has 0 aromatic heterocycles. The summed E-state index contributed by atoms with van der Waals surface area (Å²) in [7, 11) is 0. The minimum Gasteiger partial charge on any atom is -0.508 e. The molecule has 27 heavy (non-hydrogen) atoms. The van der Waals surface area contributed by atoms with Crippen LogP contribution in [0.15, 0.2) is 24.3 Å². The minimum atomic E-state index is 0.0894. The second-order valence-electron chi connectivity index (χ2n) is 10.9. The second kappa shape index (κ2) is 5.63. The van der Waals surface area contributed by atoms with Gasteiger partial charge in [0.05, 0.1) is 0 Å². The Balaban J connectivity index is 1.85.